The van der Waals surface area contributed by atoms with E-state index in [0.717, 1.165) is 24.3 Å². The fourth-order valence-electron chi connectivity index (χ4n) is 1.48. The average Bonchev–Trinajstić information content (AvgIpc) is 2.38. The van der Waals surface area contributed by atoms with Crippen molar-refractivity contribution in [3.8, 4) is 0 Å². The first kappa shape index (κ1) is 15.8. The summed E-state index contributed by atoms with van der Waals surface area (Å²) in [5, 5.41) is 11.1. The summed E-state index contributed by atoms with van der Waals surface area (Å²) in [6.07, 6.45) is 0. The summed E-state index contributed by atoms with van der Waals surface area (Å²) in [4.78, 5) is 34.6. The van der Waals surface area contributed by atoms with E-state index in [1.54, 1.807) is 0 Å². The Hall–Kier alpha value is -2.28. The van der Waals surface area contributed by atoms with Crippen LogP contribution in [0, 0.1) is 5.82 Å². The van der Waals surface area contributed by atoms with Crippen molar-refractivity contribution in [1.82, 2.24) is 5.32 Å². The fourth-order valence-corrected chi connectivity index (χ4v) is 1.48. The zero-order valence-corrected chi connectivity index (χ0v) is 11.0. The standard InChI is InChI=1S/C13H14FNO5/c1-13(7-20-2,12(18)19)15-11(17)10(16)8-3-5-9(14)6-4-8/h3-6H,7H2,1-2H3,(H,15,17)(H,18,19). The molecule has 0 heterocycles. The van der Waals surface area contributed by atoms with Gasteiger partial charge in [0.25, 0.3) is 5.91 Å². The number of methoxy groups -OCH3 is 1. The maximum Gasteiger partial charge on any atom is 0.331 e. The van der Waals surface area contributed by atoms with Gasteiger partial charge in [0, 0.05) is 12.7 Å². The third kappa shape index (κ3) is 3.61. The molecule has 0 radical (unpaired) electrons. The van der Waals surface area contributed by atoms with E-state index in [0.29, 0.717) is 0 Å². The molecule has 1 aromatic rings. The Morgan fingerprint density at radius 3 is 2.30 bits per heavy atom. The van der Waals surface area contributed by atoms with Gasteiger partial charge in [-0.3, -0.25) is 9.59 Å². The molecule has 1 amide bonds. The number of carboxylic acid groups (broad SMARTS) is 1. The van der Waals surface area contributed by atoms with Crippen LogP contribution in [0.1, 0.15) is 17.3 Å². The summed E-state index contributed by atoms with van der Waals surface area (Å²) in [7, 11) is 1.27. The van der Waals surface area contributed by atoms with Crippen LogP contribution in [0.5, 0.6) is 0 Å². The molecule has 0 aliphatic rings. The maximum absolute atomic E-state index is 12.7. The van der Waals surface area contributed by atoms with Gasteiger partial charge in [-0.15, -0.1) is 0 Å². The monoisotopic (exact) mass is 283 g/mol. The largest absolute Gasteiger partial charge is 0.479 e. The van der Waals surface area contributed by atoms with Crippen LogP contribution in [0.3, 0.4) is 0 Å². The molecule has 1 unspecified atom stereocenters. The molecule has 0 bridgehead atoms. The van der Waals surface area contributed by atoms with Crippen LogP contribution in [0.2, 0.25) is 0 Å². The molecule has 1 aromatic carbocycles. The number of benzene rings is 1. The Morgan fingerprint density at radius 1 is 1.30 bits per heavy atom. The molecule has 1 atom stereocenters. The summed E-state index contributed by atoms with van der Waals surface area (Å²) in [6, 6.07) is 4.36. The lowest BCUT2D eigenvalue weighted by molar-refractivity contribution is -0.148. The Balaban J connectivity index is 2.87. The number of ether oxygens (including phenoxy) is 1. The van der Waals surface area contributed by atoms with E-state index in [1.807, 2.05) is 0 Å². The Bertz CT molecular complexity index is 528. The van der Waals surface area contributed by atoms with Gasteiger partial charge in [-0.25, -0.2) is 9.18 Å². The topological polar surface area (TPSA) is 92.7 Å². The van der Waals surface area contributed by atoms with Gasteiger partial charge in [-0.1, -0.05) is 0 Å². The number of hydrogen-bond donors (Lipinski definition) is 2. The van der Waals surface area contributed by atoms with Crippen LogP contribution in [0.15, 0.2) is 24.3 Å². The third-order valence-electron chi connectivity index (χ3n) is 2.61. The molecule has 6 nitrogen and oxygen atoms in total. The van der Waals surface area contributed by atoms with Gasteiger partial charge in [-0.2, -0.15) is 0 Å². The van der Waals surface area contributed by atoms with Gasteiger partial charge >= 0.3 is 5.97 Å². The normalized spacial score (nSPS) is 13.3. The molecule has 20 heavy (non-hydrogen) atoms. The van der Waals surface area contributed by atoms with Crippen molar-refractivity contribution >= 4 is 17.7 Å². The number of ketones is 1. The summed E-state index contributed by atoms with van der Waals surface area (Å²) < 4.78 is 17.4. The molecule has 2 N–H and O–H groups in total. The number of carbonyl (C=O) groups excluding carboxylic acids is 2. The van der Waals surface area contributed by atoms with Crippen molar-refractivity contribution < 1.29 is 28.6 Å². The average molecular weight is 283 g/mol. The first-order chi connectivity index (χ1) is 9.30. The first-order valence-corrected chi connectivity index (χ1v) is 5.65. The molecule has 0 aliphatic heterocycles. The number of Topliss-reactive ketones (excluding diaryl/α,β-unsaturated/α-hetero) is 1. The number of nitrogens with one attached hydrogen (secondary N) is 1. The Morgan fingerprint density at radius 2 is 1.85 bits per heavy atom. The van der Waals surface area contributed by atoms with Crippen molar-refractivity contribution in [2.24, 2.45) is 0 Å². The van der Waals surface area contributed by atoms with E-state index in [4.69, 9.17) is 9.84 Å². The predicted molar refractivity (Wildman–Crippen MR) is 66.8 cm³/mol. The van der Waals surface area contributed by atoms with Gasteiger partial charge < -0.3 is 15.2 Å². The van der Waals surface area contributed by atoms with Crippen molar-refractivity contribution in [1.29, 1.82) is 0 Å². The molecule has 0 saturated heterocycles. The molecular formula is C13H14FNO5. The number of amides is 1. The molecule has 0 fully saturated rings. The molecule has 0 saturated carbocycles. The second-order valence-electron chi connectivity index (χ2n) is 4.36. The minimum atomic E-state index is -1.72. The van der Waals surface area contributed by atoms with Crippen molar-refractivity contribution in [3.05, 3.63) is 35.6 Å². The molecular weight excluding hydrogens is 269 g/mol. The lowest BCUT2D eigenvalue weighted by atomic mass is 10.0. The third-order valence-corrected chi connectivity index (χ3v) is 2.61. The zero-order chi connectivity index (χ0) is 15.3. The molecule has 108 valence electrons. The number of halogens is 1. The van der Waals surface area contributed by atoms with Crippen LogP contribution in [0.4, 0.5) is 4.39 Å². The zero-order valence-electron chi connectivity index (χ0n) is 11.0. The summed E-state index contributed by atoms with van der Waals surface area (Å²) in [6.45, 7) is 0.916. The van der Waals surface area contributed by atoms with E-state index >= 15 is 0 Å². The lowest BCUT2D eigenvalue weighted by Gasteiger charge is -2.24. The molecule has 7 heteroatoms. The number of rotatable bonds is 6. The van der Waals surface area contributed by atoms with E-state index in [1.165, 1.54) is 14.0 Å². The van der Waals surface area contributed by atoms with Gasteiger partial charge in [0.2, 0.25) is 5.78 Å². The quantitative estimate of drug-likeness (QED) is 0.589. The predicted octanol–water partition coefficient (Wildman–Crippen LogP) is 0.614. The highest BCUT2D eigenvalue weighted by Gasteiger charge is 2.36. The van der Waals surface area contributed by atoms with Crippen LogP contribution in [-0.2, 0) is 14.3 Å². The maximum atomic E-state index is 12.7. The second kappa shape index (κ2) is 6.25. The minimum Gasteiger partial charge on any atom is -0.479 e. The SMILES string of the molecule is COCC(C)(NC(=O)C(=O)c1ccc(F)cc1)C(=O)O. The van der Waals surface area contributed by atoms with Crippen LogP contribution in [0.25, 0.3) is 0 Å². The Kier molecular flexibility index (Phi) is 4.93. The number of aliphatic carboxylic acids is 1. The lowest BCUT2D eigenvalue weighted by Crippen LogP contribution is -2.56. The fraction of sp³-hybridized carbons (Fsp3) is 0.308. The summed E-state index contributed by atoms with van der Waals surface area (Å²) in [5.74, 6) is -3.93. The highest BCUT2D eigenvalue weighted by molar-refractivity contribution is 6.43. The first-order valence-electron chi connectivity index (χ1n) is 5.65. The Labute approximate surface area is 114 Å². The van der Waals surface area contributed by atoms with Crippen molar-refractivity contribution in [2.45, 2.75) is 12.5 Å². The van der Waals surface area contributed by atoms with E-state index in [-0.39, 0.29) is 12.2 Å². The van der Waals surface area contributed by atoms with E-state index in [9.17, 15) is 18.8 Å². The van der Waals surface area contributed by atoms with Crippen molar-refractivity contribution in [2.75, 3.05) is 13.7 Å². The molecule has 1 rings (SSSR count). The summed E-state index contributed by atoms with van der Waals surface area (Å²) >= 11 is 0. The highest BCUT2D eigenvalue weighted by Crippen LogP contribution is 2.08. The summed E-state index contributed by atoms with van der Waals surface area (Å²) in [5.41, 5.74) is -1.75. The number of hydrogen-bond acceptors (Lipinski definition) is 4. The van der Waals surface area contributed by atoms with Gasteiger partial charge in [-0.05, 0) is 31.2 Å². The van der Waals surface area contributed by atoms with Gasteiger partial charge in [0.1, 0.15) is 5.82 Å². The smallest absolute Gasteiger partial charge is 0.331 e. The van der Waals surface area contributed by atoms with Gasteiger partial charge in [0.05, 0.1) is 6.61 Å². The second-order valence-corrected chi connectivity index (χ2v) is 4.36. The van der Waals surface area contributed by atoms with E-state index in [2.05, 4.69) is 5.32 Å². The highest BCUT2D eigenvalue weighted by atomic mass is 19.1. The van der Waals surface area contributed by atoms with Crippen LogP contribution >= 0.6 is 0 Å². The molecule has 0 aliphatic carbocycles. The van der Waals surface area contributed by atoms with Crippen molar-refractivity contribution in [3.63, 3.8) is 0 Å². The van der Waals surface area contributed by atoms with Gasteiger partial charge in [0.15, 0.2) is 5.54 Å². The molecule has 0 aromatic heterocycles. The van der Waals surface area contributed by atoms with E-state index < -0.39 is 29.0 Å². The number of carboxylic acids is 1. The van der Waals surface area contributed by atoms with Crippen LogP contribution in [-0.4, -0.2) is 42.0 Å². The minimum absolute atomic E-state index is 0.0333. The number of carbonyl (C=O) groups is 3. The van der Waals surface area contributed by atoms with Crippen LogP contribution < -0.4 is 5.32 Å². The molecule has 0 spiro atoms.